The molecule has 0 unspecified atom stereocenters. The van der Waals surface area contributed by atoms with E-state index in [4.69, 9.17) is 9.47 Å². The Labute approximate surface area is 194 Å². The lowest BCUT2D eigenvalue weighted by Crippen LogP contribution is -2.61. The van der Waals surface area contributed by atoms with E-state index >= 15 is 0 Å². The van der Waals surface area contributed by atoms with Crippen molar-refractivity contribution in [3.05, 3.63) is 79.9 Å². The summed E-state index contributed by atoms with van der Waals surface area (Å²) >= 11 is 0. The third-order valence-corrected chi connectivity index (χ3v) is 7.20. The third-order valence-electron chi connectivity index (χ3n) is 7.20. The summed E-state index contributed by atoms with van der Waals surface area (Å²) in [7, 11) is 0. The van der Waals surface area contributed by atoms with Crippen molar-refractivity contribution in [1.29, 1.82) is 0 Å². The zero-order chi connectivity index (χ0) is 24.1. The lowest BCUT2D eigenvalue weighted by molar-refractivity contribution is -0.385. The number of non-ortho nitro benzene ring substituents is 2. The van der Waals surface area contributed by atoms with Crippen molar-refractivity contribution in [2.45, 2.75) is 49.7 Å². The van der Waals surface area contributed by atoms with Crippen molar-refractivity contribution < 1.29 is 28.9 Å². The van der Waals surface area contributed by atoms with Gasteiger partial charge in [0.2, 0.25) is 0 Å². The summed E-state index contributed by atoms with van der Waals surface area (Å²) in [5.74, 6) is -0.575. The molecular weight excluding hydrogens is 444 g/mol. The van der Waals surface area contributed by atoms with Gasteiger partial charge in [0, 0.05) is 30.7 Å². The lowest BCUT2D eigenvalue weighted by atomic mass is 9.52. The minimum absolute atomic E-state index is 0.108. The summed E-state index contributed by atoms with van der Waals surface area (Å²) in [4.78, 5) is 46.5. The average molecular weight is 466 g/mol. The Bertz CT molecular complexity index is 1070. The Hall–Kier alpha value is -3.82. The molecule has 0 N–H and O–H groups in total. The summed E-state index contributed by atoms with van der Waals surface area (Å²) in [6.07, 6.45) is 4.16. The third kappa shape index (κ3) is 4.00. The van der Waals surface area contributed by atoms with Gasteiger partial charge >= 0.3 is 11.9 Å². The van der Waals surface area contributed by atoms with E-state index in [1.54, 1.807) is 0 Å². The van der Waals surface area contributed by atoms with Gasteiger partial charge in [0.05, 0.1) is 21.0 Å². The van der Waals surface area contributed by atoms with Crippen LogP contribution in [0.5, 0.6) is 0 Å². The number of nitro groups is 2. The predicted molar refractivity (Wildman–Crippen MR) is 117 cm³/mol. The van der Waals surface area contributed by atoms with Crippen LogP contribution in [0.15, 0.2) is 48.5 Å². The largest absolute Gasteiger partial charge is 0.455 e. The van der Waals surface area contributed by atoms with E-state index in [-0.39, 0.29) is 34.3 Å². The highest BCUT2D eigenvalue weighted by Crippen LogP contribution is 2.60. The summed E-state index contributed by atoms with van der Waals surface area (Å²) < 4.78 is 12.0. The first-order valence-corrected chi connectivity index (χ1v) is 11.1. The molecule has 0 aliphatic heterocycles. The summed E-state index contributed by atoms with van der Waals surface area (Å²) in [6.45, 7) is 0. The van der Waals surface area contributed by atoms with E-state index in [9.17, 15) is 29.8 Å². The standard InChI is InChI=1S/C24H22N2O8/c27-21(17-1-5-19(6-2-17)25(29)30)33-23-10-15-9-16(11-23)13-24(12-15,14-23)34-22(28)18-3-7-20(8-4-18)26(31)32/h1-8,15-16H,9-14H2. The van der Waals surface area contributed by atoms with E-state index in [0.717, 1.165) is 6.42 Å². The van der Waals surface area contributed by atoms with Crippen LogP contribution in [0, 0.1) is 32.1 Å². The van der Waals surface area contributed by atoms with E-state index in [1.807, 2.05) is 0 Å². The molecule has 34 heavy (non-hydrogen) atoms. The van der Waals surface area contributed by atoms with Crippen molar-refractivity contribution in [3.8, 4) is 0 Å². The first kappa shape index (κ1) is 22.0. The van der Waals surface area contributed by atoms with Crippen LogP contribution in [-0.2, 0) is 9.47 Å². The topological polar surface area (TPSA) is 139 Å². The highest BCUT2D eigenvalue weighted by molar-refractivity contribution is 5.90. The van der Waals surface area contributed by atoms with Crippen molar-refractivity contribution in [2.24, 2.45) is 11.8 Å². The van der Waals surface area contributed by atoms with Crippen LogP contribution in [0.1, 0.15) is 59.2 Å². The van der Waals surface area contributed by atoms with Crippen LogP contribution in [0.2, 0.25) is 0 Å². The molecule has 6 rings (SSSR count). The minimum Gasteiger partial charge on any atom is -0.455 e. The number of rotatable bonds is 6. The zero-order valence-corrected chi connectivity index (χ0v) is 18.2. The number of ether oxygens (including phenoxy) is 2. The lowest BCUT2D eigenvalue weighted by Gasteiger charge is -2.60. The summed E-state index contributed by atoms with van der Waals surface area (Å²) in [5, 5.41) is 21.7. The number of hydrogen-bond acceptors (Lipinski definition) is 8. The molecule has 0 radical (unpaired) electrons. The Morgan fingerprint density at radius 2 is 1.06 bits per heavy atom. The van der Waals surface area contributed by atoms with E-state index in [1.165, 1.54) is 48.5 Å². The van der Waals surface area contributed by atoms with E-state index in [2.05, 4.69) is 0 Å². The van der Waals surface area contributed by atoms with Crippen molar-refractivity contribution >= 4 is 23.3 Å². The second-order valence-corrected chi connectivity index (χ2v) is 9.71. The van der Waals surface area contributed by atoms with Crippen LogP contribution in [0.25, 0.3) is 0 Å². The predicted octanol–water partition coefficient (Wildman–Crippen LogP) is 4.61. The minimum atomic E-state index is -0.751. The van der Waals surface area contributed by atoms with Gasteiger partial charge in [-0.05, 0) is 68.2 Å². The number of nitro benzene ring substituents is 2. The fourth-order valence-electron chi connectivity index (χ4n) is 6.28. The highest BCUT2D eigenvalue weighted by Gasteiger charge is 2.61. The molecule has 2 aromatic carbocycles. The second kappa shape index (κ2) is 7.89. The average Bonchev–Trinajstić information content (AvgIpc) is 2.77. The van der Waals surface area contributed by atoms with Gasteiger partial charge in [-0.25, -0.2) is 9.59 Å². The van der Waals surface area contributed by atoms with Crippen molar-refractivity contribution in [2.75, 3.05) is 0 Å². The van der Waals surface area contributed by atoms with Gasteiger partial charge in [-0.15, -0.1) is 0 Å². The maximum absolute atomic E-state index is 12.9. The van der Waals surface area contributed by atoms with Gasteiger partial charge in [-0.3, -0.25) is 20.2 Å². The molecule has 0 spiro atoms. The first-order chi connectivity index (χ1) is 16.2. The first-order valence-electron chi connectivity index (χ1n) is 11.1. The van der Waals surface area contributed by atoms with Crippen LogP contribution in [0.3, 0.4) is 0 Å². The van der Waals surface area contributed by atoms with Gasteiger partial charge in [-0.2, -0.15) is 0 Å². The quantitative estimate of drug-likeness (QED) is 0.342. The molecule has 0 saturated heterocycles. The number of nitrogens with zero attached hydrogens (tertiary/aromatic N) is 2. The van der Waals surface area contributed by atoms with Gasteiger partial charge < -0.3 is 9.47 Å². The number of carbonyl (C=O) groups excluding carboxylic acids is 2. The maximum Gasteiger partial charge on any atom is 0.338 e. The Kier molecular flexibility index (Phi) is 5.11. The molecule has 0 amide bonds. The highest BCUT2D eigenvalue weighted by atomic mass is 16.6. The summed E-state index contributed by atoms with van der Waals surface area (Å²) in [6, 6.07) is 10.6. The van der Waals surface area contributed by atoms with E-state index < -0.39 is 33.0 Å². The number of carbonyl (C=O) groups is 2. The van der Waals surface area contributed by atoms with Gasteiger partial charge in [0.1, 0.15) is 11.2 Å². The normalized spacial score (nSPS) is 28.8. The molecule has 176 valence electrons. The Morgan fingerprint density at radius 3 is 1.38 bits per heavy atom. The summed E-state index contributed by atoms with van der Waals surface area (Å²) in [5.41, 5.74) is -1.25. The van der Waals surface area contributed by atoms with Gasteiger partial charge in [0.15, 0.2) is 0 Å². The van der Waals surface area contributed by atoms with Crippen molar-refractivity contribution in [3.63, 3.8) is 0 Å². The zero-order valence-electron chi connectivity index (χ0n) is 18.2. The van der Waals surface area contributed by atoms with E-state index in [0.29, 0.717) is 32.1 Å². The van der Waals surface area contributed by atoms with Crippen LogP contribution in [-0.4, -0.2) is 33.0 Å². The molecule has 0 aromatic heterocycles. The van der Waals surface area contributed by atoms with Crippen LogP contribution >= 0.6 is 0 Å². The fraction of sp³-hybridized carbons (Fsp3) is 0.417. The van der Waals surface area contributed by atoms with Crippen molar-refractivity contribution in [1.82, 2.24) is 0 Å². The molecule has 0 atom stereocenters. The molecule has 4 bridgehead atoms. The fourth-order valence-corrected chi connectivity index (χ4v) is 6.28. The molecule has 2 aromatic rings. The molecule has 4 saturated carbocycles. The molecular formula is C24H22N2O8. The van der Waals surface area contributed by atoms with Gasteiger partial charge in [0.25, 0.3) is 11.4 Å². The molecule has 4 fully saturated rings. The number of esters is 2. The molecule has 4 aliphatic rings. The van der Waals surface area contributed by atoms with Gasteiger partial charge in [-0.1, -0.05) is 0 Å². The smallest absolute Gasteiger partial charge is 0.338 e. The molecule has 0 heterocycles. The Morgan fingerprint density at radius 1 is 0.706 bits per heavy atom. The monoisotopic (exact) mass is 466 g/mol. The maximum atomic E-state index is 12.9. The van der Waals surface area contributed by atoms with Crippen LogP contribution in [0.4, 0.5) is 11.4 Å². The molecule has 10 heteroatoms. The Balaban J connectivity index is 1.33. The number of hydrogen-bond donors (Lipinski definition) is 0. The molecule has 10 nitrogen and oxygen atoms in total. The SMILES string of the molecule is O=C(OC12CC3CC(C1)CC(OC(=O)c1ccc([N+](=O)[O-])cc1)(C3)C2)c1ccc([N+](=O)[O-])cc1. The van der Waals surface area contributed by atoms with Crippen LogP contribution < -0.4 is 0 Å². The second-order valence-electron chi connectivity index (χ2n) is 9.71. The number of benzene rings is 2. The molecule has 4 aliphatic carbocycles.